The van der Waals surface area contributed by atoms with E-state index in [1.165, 1.54) is 29.5 Å². The maximum atomic E-state index is 5.44. The number of anilines is 1. The predicted molar refractivity (Wildman–Crippen MR) is 112 cm³/mol. The molecule has 2 aromatic rings. The van der Waals surface area contributed by atoms with E-state index in [1.54, 1.807) is 0 Å². The van der Waals surface area contributed by atoms with E-state index >= 15 is 0 Å². The summed E-state index contributed by atoms with van der Waals surface area (Å²) in [6.07, 6.45) is 3.60. The third-order valence-corrected chi connectivity index (χ3v) is 4.32. The number of rotatable bonds is 8. The van der Waals surface area contributed by atoms with E-state index in [0.29, 0.717) is 5.11 Å². The molecule has 3 nitrogen and oxygen atoms in total. The highest BCUT2D eigenvalue weighted by Crippen LogP contribution is 2.13. The van der Waals surface area contributed by atoms with Gasteiger partial charge >= 0.3 is 0 Å². The zero-order valence-electron chi connectivity index (χ0n) is 15.5. The highest BCUT2D eigenvalue weighted by molar-refractivity contribution is 7.80. The number of nitrogens with one attached hydrogen (secondary N) is 2. The molecule has 2 N–H and O–H groups in total. The van der Waals surface area contributed by atoms with Gasteiger partial charge in [0, 0.05) is 18.8 Å². The first-order chi connectivity index (χ1) is 12.1. The van der Waals surface area contributed by atoms with Crippen LogP contribution in [0, 0.1) is 0 Å². The summed E-state index contributed by atoms with van der Waals surface area (Å²) in [6.45, 7) is 3.87. The minimum absolute atomic E-state index is 0.654. The average molecular weight is 356 g/mol. The Morgan fingerprint density at radius 3 is 2.32 bits per heavy atom. The van der Waals surface area contributed by atoms with E-state index < -0.39 is 0 Å². The number of hydrogen-bond donors (Lipinski definition) is 2. The third kappa shape index (κ3) is 6.85. The lowest BCUT2D eigenvalue weighted by molar-refractivity contribution is 0.401. The first kappa shape index (κ1) is 19.4. The summed E-state index contributed by atoms with van der Waals surface area (Å²) in [4.78, 5) is 2.18. The highest BCUT2D eigenvalue weighted by atomic mass is 32.1. The first-order valence-corrected chi connectivity index (χ1v) is 9.34. The monoisotopic (exact) mass is 355 g/mol. The smallest absolute Gasteiger partial charge is 0.171 e. The minimum Gasteiger partial charge on any atom is -0.358 e. The van der Waals surface area contributed by atoms with Crippen LogP contribution < -0.4 is 10.6 Å². The molecule has 0 saturated heterocycles. The Labute approximate surface area is 157 Å². The fraction of sp³-hybridized carbons (Fsp3) is 0.381. The van der Waals surface area contributed by atoms with E-state index in [9.17, 15) is 0 Å². The number of thiocarbonyl (C=S) groups is 1. The van der Waals surface area contributed by atoms with Crippen molar-refractivity contribution in [1.82, 2.24) is 10.2 Å². The van der Waals surface area contributed by atoms with E-state index in [2.05, 4.69) is 85.1 Å². The number of unbranched alkanes of at least 4 members (excludes halogenated alkanes) is 1. The van der Waals surface area contributed by atoms with E-state index in [-0.39, 0.29) is 0 Å². The van der Waals surface area contributed by atoms with Crippen LogP contribution in [-0.4, -0.2) is 24.1 Å². The Bertz CT molecular complexity index is 665. The fourth-order valence-electron chi connectivity index (χ4n) is 2.71. The van der Waals surface area contributed by atoms with Crippen molar-refractivity contribution in [2.45, 2.75) is 39.3 Å². The lowest BCUT2D eigenvalue weighted by Gasteiger charge is -2.16. The quantitative estimate of drug-likeness (QED) is 0.678. The molecule has 0 aliphatic carbocycles. The van der Waals surface area contributed by atoms with Crippen LogP contribution in [0.4, 0.5) is 5.69 Å². The molecular weight excluding hydrogens is 326 g/mol. The van der Waals surface area contributed by atoms with Gasteiger partial charge in [-0.1, -0.05) is 49.7 Å². The molecule has 0 atom stereocenters. The molecule has 0 spiro atoms. The molecule has 0 aromatic heterocycles. The molecule has 0 aliphatic heterocycles. The molecule has 2 aromatic carbocycles. The van der Waals surface area contributed by atoms with Crippen molar-refractivity contribution in [3.63, 3.8) is 0 Å². The van der Waals surface area contributed by atoms with Crippen LogP contribution >= 0.6 is 12.2 Å². The Hall–Kier alpha value is -1.91. The Morgan fingerprint density at radius 1 is 1.00 bits per heavy atom. The van der Waals surface area contributed by atoms with Gasteiger partial charge in [0.25, 0.3) is 0 Å². The molecule has 0 unspecified atom stereocenters. The van der Waals surface area contributed by atoms with Crippen LogP contribution in [0.2, 0.25) is 0 Å². The van der Waals surface area contributed by atoms with E-state index in [1.807, 2.05) is 0 Å². The summed E-state index contributed by atoms with van der Waals surface area (Å²) in [5.74, 6) is 0. The van der Waals surface area contributed by atoms with Crippen LogP contribution in [0.3, 0.4) is 0 Å². The van der Waals surface area contributed by atoms with Gasteiger partial charge < -0.3 is 15.5 Å². The van der Waals surface area contributed by atoms with Crippen molar-refractivity contribution in [2.24, 2.45) is 0 Å². The van der Waals surface area contributed by atoms with Gasteiger partial charge in [-0.3, -0.25) is 0 Å². The number of hydrogen-bond acceptors (Lipinski definition) is 2. The molecule has 0 saturated carbocycles. The zero-order valence-corrected chi connectivity index (χ0v) is 16.3. The normalized spacial score (nSPS) is 10.7. The van der Waals surface area contributed by atoms with Crippen molar-refractivity contribution in [3.05, 3.63) is 65.2 Å². The van der Waals surface area contributed by atoms with Crippen molar-refractivity contribution in [2.75, 3.05) is 19.4 Å². The molecule has 0 radical (unpaired) electrons. The summed E-state index contributed by atoms with van der Waals surface area (Å²) in [5, 5.41) is 7.23. The van der Waals surface area contributed by atoms with Crippen molar-refractivity contribution in [3.8, 4) is 0 Å². The van der Waals surface area contributed by atoms with Gasteiger partial charge in [-0.25, -0.2) is 0 Å². The summed E-state index contributed by atoms with van der Waals surface area (Å²) in [7, 11) is 4.17. The topological polar surface area (TPSA) is 27.3 Å². The van der Waals surface area contributed by atoms with Gasteiger partial charge in [-0.2, -0.15) is 0 Å². The second kappa shape index (κ2) is 10.2. The summed E-state index contributed by atoms with van der Waals surface area (Å²) in [5.41, 5.74) is 5.00. The first-order valence-electron chi connectivity index (χ1n) is 8.93. The molecule has 134 valence electrons. The number of aryl methyl sites for hydroxylation is 1. The fourth-order valence-corrected chi connectivity index (χ4v) is 2.90. The van der Waals surface area contributed by atoms with Crippen LogP contribution in [0.5, 0.6) is 0 Å². The predicted octanol–water partition coefficient (Wildman–Crippen LogP) is 4.58. The van der Waals surface area contributed by atoms with Gasteiger partial charge in [0.05, 0.1) is 0 Å². The zero-order chi connectivity index (χ0) is 18.1. The van der Waals surface area contributed by atoms with Crippen LogP contribution in [-0.2, 0) is 19.5 Å². The SMILES string of the molecule is CCCCc1ccc(NC(=S)NCc2ccccc2CN(C)C)cc1. The minimum atomic E-state index is 0.654. The summed E-state index contributed by atoms with van der Waals surface area (Å²) < 4.78 is 0. The highest BCUT2D eigenvalue weighted by Gasteiger charge is 2.04. The largest absolute Gasteiger partial charge is 0.358 e. The second-order valence-electron chi connectivity index (χ2n) is 6.61. The third-order valence-electron chi connectivity index (χ3n) is 4.08. The van der Waals surface area contributed by atoms with Crippen molar-refractivity contribution in [1.29, 1.82) is 0 Å². The number of benzene rings is 2. The molecule has 4 heteroatoms. The molecule has 0 aliphatic rings. The standard InChI is InChI=1S/C21H29N3S/c1-4-5-8-17-11-13-20(14-12-17)23-21(25)22-15-18-9-6-7-10-19(18)16-24(2)3/h6-7,9-14H,4-5,8,15-16H2,1-3H3,(H2,22,23,25). The Morgan fingerprint density at radius 2 is 1.68 bits per heavy atom. The molecule has 0 heterocycles. The van der Waals surface area contributed by atoms with Gasteiger partial charge in [0.2, 0.25) is 0 Å². The molecule has 0 fully saturated rings. The molecule has 2 rings (SSSR count). The van der Waals surface area contributed by atoms with Gasteiger partial charge in [0.1, 0.15) is 0 Å². The van der Waals surface area contributed by atoms with Crippen LogP contribution in [0.15, 0.2) is 48.5 Å². The number of nitrogens with zero attached hydrogens (tertiary/aromatic N) is 1. The molecular formula is C21H29N3S. The van der Waals surface area contributed by atoms with Crippen molar-refractivity contribution < 1.29 is 0 Å². The second-order valence-corrected chi connectivity index (χ2v) is 7.02. The van der Waals surface area contributed by atoms with Crippen LogP contribution in [0.1, 0.15) is 36.5 Å². The van der Waals surface area contributed by atoms with Gasteiger partial charge in [-0.15, -0.1) is 0 Å². The molecule has 0 amide bonds. The van der Waals surface area contributed by atoms with Crippen LogP contribution in [0.25, 0.3) is 0 Å². The van der Waals surface area contributed by atoms with Gasteiger partial charge in [0.15, 0.2) is 5.11 Å². The summed E-state index contributed by atoms with van der Waals surface area (Å²) >= 11 is 5.44. The van der Waals surface area contributed by atoms with E-state index in [4.69, 9.17) is 12.2 Å². The van der Waals surface area contributed by atoms with Crippen molar-refractivity contribution >= 4 is 23.0 Å². The molecule has 0 bridgehead atoms. The maximum absolute atomic E-state index is 5.44. The lowest BCUT2D eigenvalue weighted by Crippen LogP contribution is -2.28. The average Bonchev–Trinajstić information content (AvgIpc) is 2.60. The Balaban J connectivity index is 1.86. The lowest BCUT2D eigenvalue weighted by atomic mass is 10.1. The van der Waals surface area contributed by atoms with Gasteiger partial charge in [-0.05, 0) is 68.0 Å². The maximum Gasteiger partial charge on any atom is 0.171 e. The van der Waals surface area contributed by atoms with E-state index in [0.717, 1.165) is 25.2 Å². The Kier molecular flexibility index (Phi) is 7.89. The molecule has 25 heavy (non-hydrogen) atoms. The summed E-state index contributed by atoms with van der Waals surface area (Å²) in [6, 6.07) is 17.0.